The average Bonchev–Trinajstić information content (AvgIpc) is 3.26. The Hall–Kier alpha value is -4.40. The van der Waals surface area contributed by atoms with Crippen LogP contribution in [0.2, 0.25) is 0 Å². The molecule has 0 amide bonds. The maximum absolute atomic E-state index is 13.2. The molecule has 5 aromatic rings. The van der Waals surface area contributed by atoms with Gasteiger partial charge in [0.2, 0.25) is 0 Å². The van der Waals surface area contributed by atoms with Gasteiger partial charge in [-0.1, -0.05) is 60.7 Å². The van der Waals surface area contributed by atoms with Crippen LogP contribution in [0.5, 0.6) is 5.88 Å². The lowest BCUT2D eigenvalue weighted by atomic mass is 10.0. The molecule has 0 atom stereocenters. The molecular formula is C30H28N4O3S. The second-order valence-electron chi connectivity index (χ2n) is 8.87. The number of fused-ring (bicyclic) bond motifs is 1. The van der Waals surface area contributed by atoms with Crippen molar-refractivity contribution in [2.45, 2.75) is 11.3 Å². The predicted octanol–water partition coefficient (Wildman–Crippen LogP) is 5.61. The third kappa shape index (κ3) is 5.46. The van der Waals surface area contributed by atoms with Crippen LogP contribution in [0.15, 0.2) is 113 Å². The summed E-state index contributed by atoms with van der Waals surface area (Å²) in [6, 6.07) is 30.9. The van der Waals surface area contributed by atoms with Crippen LogP contribution in [-0.2, 0) is 16.4 Å². The number of likely N-dealkylation sites (N-methyl/N-ethyl adjacent to an activating group) is 1. The maximum atomic E-state index is 13.2. The van der Waals surface area contributed by atoms with E-state index in [1.165, 1.54) is 11.6 Å². The van der Waals surface area contributed by atoms with E-state index in [0.29, 0.717) is 27.9 Å². The summed E-state index contributed by atoms with van der Waals surface area (Å²) in [7, 11) is -1.94. The third-order valence-electron chi connectivity index (χ3n) is 6.21. The number of rotatable bonds is 9. The molecule has 0 radical (unpaired) electrons. The fourth-order valence-electron chi connectivity index (χ4n) is 4.28. The highest BCUT2D eigenvalue weighted by molar-refractivity contribution is 7.92. The van der Waals surface area contributed by atoms with Crippen molar-refractivity contribution >= 4 is 38.0 Å². The molecule has 8 heteroatoms. The number of aromatic amines is 1. The predicted molar refractivity (Wildman–Crippen MR) is 153 cm³/mol. The number of hydrogen-bond acceptors (Lipinski definition) is 5. The van der Waals surface area contributed by atoms with Gasteiger partial charge in [-0.2, -0.15) is 0 Å². The summed E-state index contributed by atoms with van der Waals surface area (Å²) in [4.78, 5) is 7.97. The second kappa shape index (κ2) is 10.9. The van der Waals surface area contributed by atoms with E-state index in [0.717, 1.165) is 24.2 Å². The van der Waals surface area contributed by atoms with Crippen LogP contribution < -0.4 is 10.0 Å². The Morgan fingerprint density at radius 1 is 0.895 bits per heavy atom. The first kappa shape index (κ1) is 25.3. The third-order valence-corrected chi connectivity index (χ3v) is 7.59. The number of benzene rings is 4. The molecule has 7 nitrogen and oxygen atoms in total. The summed E-state index contributed by atoms with van der Waals surface area (Å²) in [5.74, 6) is -0.0844. The fourth-order valence-corrected chi connectivity index (χ4v) is 5.36. The van der Waals surface area contributed by atoms with Crippen LogP contribution in [-0.4, -0.2) is 37.8 Å². The zero-order valence-electron chi connectivity index (χ0n) is 20.8. The summed E-state index contributed by atoms with van der Waals surface area (Å²) >= 11 is 0. The number of nitrogens with zero attached hydrogens (tertiary/aromatic N) is 1. The van der Waals surface area contributed by atoms with Crippen molar-refractivity contribution < 1.29 is 13.5 Å². The van der Waals surface area contributed by atoms with Crippen molar-refractivity contribution in [1.29, 1.82) is 0 Å². The molecule has 0 aliphatic carbocycles. The van der Waals surface area contributed by atoms with Crippen LogP contribution in [0.3, 0.4) is 0 Å². The minimum absolute atomic E-state index is 0.0791. The molecule has 0 aliphatic rings. The van der Waals surface area contributed by atoms with E-state index in [4.69, 9.17) is 4.99 Å². The number of anilines is 1. The molecular weight excluding hydrogens is 496 g/mol. The van der Waals surface area contributed by atoms with Crippen LogP contribution in [0.25, 0.3) is 10.9 Å². The summed E-state index contributed by atoms with van der Waals surface area (Å²) in [6.45, 7) is 0.880. The van der Waals surface area contributed by atoms with E-state index >= 15 is 0 Å². The van der Waals surface area contributed by atoms with Crippen molar-refractivity contribution in [3.05, 3.63) is 120 Å². The molecule has 0 fully saturated rings. The molecule has 4 N–H and O–H groups in total. The summed E-state index contributed by atoms with van der Waals surface area (Å²) in [5.41, 5.74) is 4.73. The monoisotopic (exact) mass is 524 g/mol. The lowest BCUT2D eigenvalue weighted by molar-refractivity contribution is 0.457. The first-order valence-electron chi connectivity index (χ1n) is 12.3. The molecule has 4 aromatic carbocycles. The fraction of sp³-hybridized carbons (Fsp3) is 0.100. The number of aromatic nitrogens is 1. The van der Waals surface area contributed by atoms with Gasteiger partial charge in [-0.25, -0.2) is 13.4 Å². The maximum Gasteiger partial charge on any atom is 0.261 e. The number of aliphatic imine (C=N–C) groups is 1. The van der Waals surface area contributed by atoms with Crippen LogP contribution >= 0.6 is 0 Å². The van der Waals surface area contributed by atoms with Gasteiger partial charge in [-0.15, -0.1) is 0 Å². The largest absolute Gasteiger partial charge is 0.494 e. The summed E-state index contributed by atoms with van der Waals surface area (Å²) in [5, 5.41) is 14.7. The van der Waals surface area contributed by atoms with Crippen molar-refractivity contribution in [1.82, 2.24) is 10.3 Å². The van der Waals surface area contributed by atoms with Gasteiger partial charge >= 0.3 is 0 Å². The number of hydrogen-bond donors (Lipinski definition) is 4. The van der Waals surface area contributed by atoms with Gasteiger partial charge in [-0.3, -0.25) is 4.72 Å². The van der Waals surface area contributed by atoms with Gasteiger partial charge in [0.15, 0.2) is 5.88 Å². The molecule has 192 valence electrons. The number of sulfonamides is 1. The number of para-hydroxylation sites is 1. The van der Waals surface area contributed by atoms with E-state index in [1.54, 1.807) is 36.4 Å². The number of H-pyrrole nitrogens is 1. The Balaban J connectivity index is 1.61. The van der Waals surface area contributed by atoms with E-state index in [9.17, 15) is 13.5 Å². The van der Waals surface area contributed by atoms with Crippen LogP contribution in [0.1, 0.15) is 16.7 Å². The van der Waals surface area contributed by atoms with E-state index < -0.39 is 10.0 Å². The Kier molecular flexibility index (Phi) is 7.26. The standard InChI is InChI=1S/C30H28N4O3S/c1-31-19-18-21-12-14-23(15-13-21)32-29(22-8-4-2-5-9-22)28-26-20-25(16-17-27(26)33-30(28)35)38(36,37)34-24-10-6-3-7-11-24/h2-17,20,31,33-35H,18-19H2,1H3. The molecule has 0 saturated heterocycles. The lowest BCUT2D eigenvalue weighted by Gasteiger charge is -2.10. The molecule has 38 heavy (non-hydrogen) atoms. The zero-order valence-corrected chi connectivity index (χ0v) is 21.7. The first-order chi connectivity index (χ1) is 18.4. The minimum atomic E-state index is -3.86. The van der Waals surface area contributed by atoms with Crippen molar-refractivity contribution in [2.75, 3.05) is 18.3 Å². The molecule has 5 rings (SSSR count). The van der Waals surface area contributed by atoms with Gasteiger partial charge in [0.1, 0.15) is 0 Å². The Labute approximate surface area is 222 Å². The van der Waals surface area contributed by atoms with Crippen molar-refractivity contribution in [3.63, 3.8) is 0 Å². The van der Waals surface area contributed by atoms with Gasteiger partial charge in [0.25, 0.3) is 10.0 Å². The smallest absolute Gasteiger partial charge is 0.261 e. The number of aromatic hydroxyl groups is 1. The summed E-state index contributed by atoms with van der Waals surface area (Å²) < 4.78 is 29.0. The second-order valence-corrected chi connectivity index (χ2v) is 10.6. The first-order valence-corrected chi connectivity index (χ1v) is 13.7. The highest BCUT2D eigenvalue weighted by atomic mass is 32.2. The van der Waals surface area contributed by atoms with Crippen molar-refractivity contribution in [2.24, 2.45) is 4.99 Å². The van der Waals surface area contributed by atoms with Gasteiger partial charge in [0, 0.05) is 22.2 Å². The SMILES string of the molecule is CNCCc1ccc(N=C(c2ccccc2)c2c(O)[nH]c3ccc(S(=O)(=O)Nc4ccccc4)cc23)cc1. The highest BCUT2D eigenvalue weighted by Gasteiger charge is 2.22. The molecule has 0 saturated carbocycles. The van der Waals surface area contributed by atoms with E-state index in [1.807, 2.05) is 67.7 Å². The molecule has 0 aliphatic heterocycles. The lowest BCUT2D eigenvalue weighted by Crippen LogP contribution is -2.12. The van der Waals surface area contributed by atoms with Crippen LogP contribution in [0.4, 0.5) is 11.4 Å². The van der Waals surface area contributed by atoms with Crippen molar-refractivity contribution in [3.8, 4) is 5.88 Å². The van der Waals surface area contributed by atoms with Gasteiger partial charge in [0.05, 0.1) is 21.9 Å². The van der Waals surface area contributed by atoms with E-state index in [2.05, 4.69) is 15.0 Å². The molecule has 0 unspecified atom stereocenters. The normalized spacial score (nSPS) is 12.1. The Morgan fingerprint density at radius 2 is 1.58 bits per heavy atom. The highest BCUT2D eigenvalue weighted by Crippen LogP contribution is 2.33. The minimum Gasteiger partial charge on any atom is -0.494 e. The molecule has 0 spiro atoms. The Bertz CT molecular complexity index is 1680. The van der Waals surface area contributed by atoms with E-state index in [-0.39, 0.29) is 10.8 Å². The molecule has 1 heterocycles. The van der Waals surface area contributed by atoms with Gasteiger partial charge < -0.3 is 15.4 Å². The van der Waals surface area contributed by atoms with Crippen LogP contribution in [0, 0.1) is 0 Å². The molecule has 1 aromatic heterocycles. The Morgan fingerprint density at radius 3 is 2.26 bits per heavy atom. The van der Waals surface area contributed by atoms with Gasteiger partial charge in [-0.05, 0) is 68.0 Å². The topological polar surface area (TPSA) is 107 Å². The summed E-state index contributed by atoms with van der Waals surface area (Å²) in [6.07, 6.45) is 0.906. The molecule has 0 bridgehead atoms. The average molecular weight is 525 g/mol. The number of nitrogens with one attached hydrogen (secondary N) is 3. The zero-order chi connectivity index (χ0) is 26.5. The quantitative estimate of drug-likeness (QED) is 0.188.